The molecule has 0 saturated carbocycles. The lowest BCUT2D eigenvalue weighted by molar-refractivity contribution is 0.0710. The molecule has 0 spiro atoms. The highest BCUT2D eigenvalue weighted by atomic mass is 16.2. The average molecular weight is 335 g/mol. The Labute approximate surface area is 145 Å². The van der Waals surface area contributed by atoms with E-state index in [0.29, 0.717) is 19.0 Å². The van der Waals surface area contributed by atoms with Gasteiger partial charge in [-0.3, -0.25) is 9.59 Å². The number of amides is 1. The largest absolute Gasteiger partial charge is 0.358 e. The Morgan fingerprint density at radius 2 is 1.84 bits per heavy atom. The zero-order chi connectivity index (χ0) is 17.4. The van der Waals surface area contributed by atoms with Crippen LogP contribution in [0.1, 0.15) is 40.5 Å². The van der Waals surface area contributed by atoms with Crippen LogP contribution in [0.2, 0.25) is 0 Å². The first-order chi connectivity index (χ1) is 12.1. The van der Waals surface area contributed by atoms with Crippen LogP contribution in [0.4, 0.5) is 0 Å². The van der Waals surface area contributed by atoms with Gasteiger partial charge in [0.05, 0.1) is 0 Å². The van der Waals surface area contributed by atoms with Gasteiger partial charge in [0.15, 0.2) is 0 Å². The number of nitrogens with zero attached hydrogens (tertiary/aromatic N) is 1. The van der Waals surface area contributed by atoms with Crippen LogP contribution in [0.15, 0.2) is 47.3 Å². The van der Waals surface area contributed by atoms with Crippen molar-refractivity contribution in [1.82, 2.24) is 14.9 Å². The summed E-state index contributed by atoms with van der Waals surface area (Å²) in [4.78, 5) is 32.6. The molecule has 0 aliphatic carbocycles. The van der Waals surface area contributed by atoms with Gasteiger partial charge in [-0.1, -0.05) is 18.2 Å². The number of para-hydroxylation sites is 1. The zero-order valence-electron chi connectivity index (χ0n) is 14.2. The molecule has 0 atom stereocenters. The number of rotatable bonds is 2. The summed E-state index contributed by atoms with van der Waals surface area (Å²) in [6.45, 7) is 3.15. The van der Waals surface area contributed by atoms with Gasteiger partial charge in [-0.25, -0.2) is 0 Å². The summed E-state index contributed by atoms with van der Waals surface area (Å²) in [7, 11) is 0. The van der Waals surface area contributed by atoms with Gasteiger partial charge in [-0.05, 0) is 49.4 Å². The Balaban J connectivity index is 1.47. The first-order valence-electron chi connectivity index (χ1n) is 8.68. The molecule has 128 valence electrons. The fraction of sp³-hybridized carbons (Fsp3) is 0.300. The third-order valence-corrected chi connectivity index (χ3v) is 5.06. The van der Waals surface area contributed by atoms with E-state index >= 15 is 0 Å². The third-order valence-electron chi connectivity index (χ3n) is 5.06. The quantitative estimate of drug-likeness (QED) is 0.755. The number of hydrogen-bond donors (Lipinski definition) is 2. The molecular weight excluding hydrogens is 314 g/mol. The molecule has 5 nitrogen and oxygen atoms in total. The maximum absolute atomic E-state index is 12.6. The van der Waals surface area contributed by atoms with Crippen LogP contribution in [0.3, 0.4) is 0 Å². The fourth-order valence-corrected chi connectivity index (χ4v) is 3.62. The molecule has 1 aromatic carbocycles. The smallest absolute Gasteiger partial charge is 0.260 e. The Morgan fingerprint density at radius 3 is 2.56 bits per heavy atom. The van der Waals surface area contributed by atoms with E-state index in [-0.39, 0.29) is 17.0 Å². The Bertz CT molecular complexity index is 945. The number of likely N-dealkylation sites (tertiary alicyclic amines) is 1. The standard InChI is InChI=1S/C20H21N3O2/c1-13-6-7-16(19(24)21-13)20(25)23-10-8-14(9-11-23)18-12-15-4-2-3-5-17(15)22-18/h2-7,12,14,22H,8-11H2,1H3,(H,21,24). The van der Waals surface area contributed by atoms with E-state index in [0.717, 1.165) is 24.1 Å². The number of H-pyrrole nitrogens is 2. The van der Waals surface area contributed by atoms with E-state index in [9.17, 15) is 9.59 Å². The van der Waals surface area contributed by atoms with Crippen molar-refractivity contribution >= 4 is 16.8 Å². The van der Waals surface area contributed by atoms with E-state index in [1.165, 1.54) is 11.1 Å². The number of carbonyl (C=O) groups excluding carboxylic acids is 1. The molecule has 1 amide bonds. The van der Waals surface area contributed by atoms with Crippen LogP contribution in [0.5, 0.6) is 0 Å². The fourth-order valence-electron chi connectivity index (χ4n) is 3.62. The van der Waals surface area contributed by atoms with Gasteiger partial charge >= 0.3 is 0 Å². The summed E-state index contributed by atoms with van der Waals surface area (Å²) in [6.07, 6.45) is 1.81. The molecule has 0 unspecified atom stereocenters. The molecule has 1 saturated heterocycles. The second-order valence-electron chi connectivity index (χ2n) is 6.76. The predicted octanol–water partition coefficient (Wildman–Crippen LogP) is 3.18. The monoisotopic (exact) mass is 335 g/mol. The molecule has 1 fully saturated rings. The van der Waals surface area contributed by atoms with E-state index in [2.05, 4.69) is 28.2 Å². The Hall–Kier alpha value is -2.82. The normalized spacial score (nSPS) is 15.6. The summed E-state index contributed by atoms with van der Waals surface area (Å²) in [5.74, 6) is 0.254. The van der Waals surface area contributed by atoms with Gasteiger partial charge < -0.3 is 14.9 Å². The number of aromatic nitrogens is 2. The number of hydrogen-bond acceptors (Lipinski definition) is 2. The van der Waals surface area contributed by atoms with Gasteiger partial charge in [-0.2, -0.15) is 0 Å². The number of benzene rings is 1. The maximum Gasteiger partial charge on any atom is 0.260 e. The topological polar surface area (TPSA) is 69.0 Å². The maximum atomic E-state index is 12.6. The molecule has 3 aromatic rings. The molecular formula is C20H21N3O2. The van der Waals surface area contributed by atoms with Crippen LogP contribution < -0.4 is 5.56 Å². The van der Waals surface area contributed by atoms with Gasteiger partial charge in [0.25, 0.3) is 11.5 Å². The number of aryl methyl sites for hydroxylation is 1. The lowest BCUT2D eigenvalue weighted by atomic mass is 9.93. The minimum absolute atomic E-state index is 0.170. The first-order valence-corrected chi connectivity index (χ1v) is 8.68. The summed E-state index contributed by atoms with van der Waals surface area (Å²) in [5.41, 5.74) is 3.08. The van der Waals surface area contributed by atoms with Crippen LogP contribution in [0, 0.1) is 6.92 Å². The highest BCUT2D eigenvalue weighted by molar-refractivity contribution is 5.93. The van der Waals surface area contributed by atoms with E-state index in [4.69, 9.17) is 0 Å². The van der Waals surface area contributed by atoms with E-state index in [1.54, 1.807) is 17.0 Å². The lowest BCUT2D eigenvalue weighted by Crippen LogP contribution is -2.40. The Morgan fingerprint density at radius 1 is 1.08 bits per heavy atom. The van der Waals surface area contributed by atoms with Crippen molar-refractivity contribution in [2.75, 3.05) is 13.1 Å². The van der Waals surface area contributed by atoms with Crippen molar-refractivity contribution < 1.29 is 4.79 Å². The van der Waals surface area contributed by atoms with Crippen LogP contribution in [-0.4, -0.2) is 33.9 Å². The molecule has 1 aliphatic heterocycles. The minimum Gasteiger partial charge on any atom is -0.358 e. The van der Waals surface area contributed by atoms with Gasteiger partial charge in [0.2, 0.25) is 0 Å². The number of aromatic amines is 2. The van der Waals surface area contributed by atoms with E-state index in [1.807, 2.05) is 19.1 Å². The molecule has 5 heteroatoms. The molecule has 0 bridgehead atoms. The van der Waals surface area contributed by atoms with Crippen molar-refractivity contribution in [3.63, 3.8) is 0 Å². The lowest BCUT2D eigenvalue weighted by Gasteiger charge is -2.31. The zero-order valence-corrected chi connectivity index (χ0v) is 14.2. The van der Waals surface area contributed by atoms with Crippen LogP contribution >= 0.6 is 0 Å². The number of fused-ring (bicyclic) bond motifs is 1. The molecule has 4 rings (SSSR count). The molecule has 2 N–H and O–H groups in total. The van der Waals surface area contributed by atoms with Crippen molar-refractivity contribution in [2.45, 2.75) is 25.7 Å². The molecule has 25 heavy (non-hydrogen) atoms. The summed E-state index contributed by atoms with van der Waals surface area (Å²) < 4.78 is 0. The van der Waals surface area contributed by atoms with Crippen molar-refractivity contribution in [3.05, 3.63) is 69.8 Å². The molecule has 1 aliphatic rings. The van der Waals surface area contributed by atoms with Gasteiger partial charge in [0.1, 0.15) is 5.56 Å². The van der Waals surface area contributed by atoms with Crippen molar-refractivity contribution in [1.29, 1.82) is 0 Å². The number of pyridine rings is 1. The van der Waals surface area contributed by atoms with Crippen molar-refractivity contribution in [2.24, 2.45) is 0 Å². The highest BCUT2D eigenvalue weighted by Gasteiger charge is 2.26. The average Bonchev–Trinajstić information content (AvgIpc) is 3.05. The summed E-state index contributed by atoms with van der Waals surface area (Å²) in [6, 6.07) is 13.9. The minimum atomic E-state index is -0.303. The van der Waals surface area contributed by atoms with Gasteiger partial charge in [-0.15, -0.1) is 0 Å². The van der Waals surface area contributed by atoms with Gasteiger partial charge in [0, 0.05) is 35.9 Å². The second kappa shape index (κ2) is 6.24. The molecule has 2 aromatic heterocycles. The number of piperidine rings is 1. The highest BCUT2D eigenvalue weighted by Crippen LogP contribution is 2.30. The van der Waals surface area contributed by atoms with Crippen LogP contribution in [-0.2, 0) is 0 Å². The summed E-state index contributed by atoms with van der Waals surface area (Å²) in [5, 5.41) is 1.22. The SMILES string of the molecule is Cc1ccc(C(=O)N2CCC(c3cc4ccccc4[nH]3)CC2)c(=O)[nH]1. The first kappa shape index (κ1) is 15.7. The van der Waals surface area contributed by atoms with E-state index < -0.39 is 0 Å². The number of carbonyl (C=O) groups is 1. The third kappa shape index (κ3) is 2.97. The Kier molecular flexibility index (Phi) is 3.92. The molecule has 3 heterocycles. The second-order valence-corrected chi connectivity index (χ2v) is 6.76. The summed E-state index contributed by atoms with van der Waals surface area (Å²) >= 11 is 0. The number of nitrogens with one attached hydrogen (secondary N) is 2. The van der Waals surface area contributed by atoms with Crippen molar-refractivity contribution in [3.8, 4) is 0 Å². The molecule has 0 radical (unpaired) electrons. The predicted molar refractivity (Wildman–Crippen MR) is 98.0 cm³/mol. The van der Waals surface area contributed by atoms with Crippen LogP contribution in [0.25, 0.3) is 10.9 Å².